The molecule has 2 heterocycles. The summed E-state index contributed by atoms with van der Waals surface area (Å²) < 4.78 is 6.15. The van der Waals surface area contributed by atoms with Gasteiger partial charge < -0.3 is 4.74 Å². The summed E-state index contributed by atoms with van der Waals surface area (Å²) in [5, 5.41) is 4.38. The number of hydrogen-bond donors (Lipinski definition) is 1. The fourth-order valence-corrected chi connectivity index (χ4v) is 3.67. The first kappa shape index (κ1) is 15.8. The van der Waals surface area contributed by atoms with Gasteiger partial charge in [0.25, 0.3) is 5.91 Å². The first-order chi connectivity index (χ1) is 12.1. The molecule has 0 unspecified atom stereocenters. The van der Waals surface area contributed by atoms with E-state index in [2.05, 4.69) is 15.3 Å². The van der Waals surface area contributed by atoms with Crippen LogP contribution in [0.1, 0.15) is 10.4 Å². The van der Waals surface area contributed by atoms with Crippen molar-refractivity contribution in [3.63, 3.8) is 0 Å². The zero-order chi connectivity index (χ0) is 17.4. The van der Waals surface area contributed by atoms with Crippen LogP contribution < -0.4 is 10.1 Å². The Kier molecular flexibility index (Phi) is 3.99. The van der Waals surface area contributed by atoms with Gasteiger partial charge in [-0.1, -0.05) is 41.1 Å². The Morgan fingerprint density at radius 1 is 1.12 bits per heavy atom. The van der Waals surface area contributed by atoms with Crippen LogP contribution >= 0.6 is 22.9 Å². The number of rotatable bonds is 3. The number of nitrogens with zero attached hydrogens (tertiary/aromatic N) is 2. The van der Waals surface area contributed by atoms with E-state index >= 15 is 0 Å². The van der Waals surface area contributed by atoms with E-state index in [4.69, 9.17) is 16.3 Å². The Bertz CT molecular complexity index is 1110. The minimum atomic E-state index is -0.272. The van der Waals surface area contributed by atoms with Crippen molar-refractivity contribution in [3.8, 4) is 5.75 Å². The highest BCUT2D eigenvalue weighted by Crippen LogP contribution is 2.30. The summed E-state index contributed by atoms with van der Waals surface area (Å²) in [6, 6.07) is 14.5. The molecular weight excluding hydrogens is 358 g/mol. The Morgan fingerprint density at radius 2 is 1.96 bits per heavy atom. The van der Waals surface area contributed by atoms with Crippen LogP contribution in [0.15, 0.2) is 48.5 Å². The molecule has 4 aromatic rings. The topological polar surface area (TPSA) is 64.1 Å². The number of amides is 1. The molecule has 5 nitrogen and oxygen atoms in total. The van der Waals surface area contributed by atoms with Gasteiger partial charge in [0.15, 0.2) is 5.13 Å². The molecule has 1 amide bonds. The number of pyridine rings is 1. The van der Waals surface area contributed by atoms with Gasteiger partial charge in [-0.15, -0.1) is 0 Å². The van der Waals surface area contributed by atoms with E-state index in [-0.39, 0.29) is 11.1 Å². The number of para-hydroxylation sites is 1. The molecule has 0 bridgehead atoms. The summed E-state index contributed by atoms with van der Waals surface area (Å²) in [5.41, 5.74) is 1.94. The molecule has 1 N–H and O–H groups in total. The quantitative estimate of drug-likeness (QED) is 0.529. The fourth-order valence-electron chi connectivity index (χ4n) is 2.58. The highest BCUT2D eigenvalue weighted by atomic mass is 35.5. The van der Waals surface area contributed by atoms with Crippen LogP contribution in [0.4, 0.5) is 5.13 Å². The van der Waals surface area contributed by atoms with E-state index in [0.29, 0.717) is 16.2 Å². The molecule has 0 atom stereocenters. The van der Waals surface area contributed by atoms with Gasteiger partial charge in [0, 0.05) is 5.39 Å². The maximum atomic E-state index is 12.7. The number of carbonyl (C=O) groups is 1. The third-order valence-electron chi connectivity index (χ3n) is 3.75. The minimum Gasteiger partial charge on any atom is -0.497 e. The Balaban J connectivity index is 1.70. The molecule has 0 aliphatic rings. The van der Waals surface area contributed by atoms with E-state index in [1.165, 1.54) is 11.3 Å². The smallest absolute Gasteiger partial charge is 0.258 e. The van der Waals surface area contributed by atoms with Gasteiger partial charge >= 0.3 is 0 Å². The number of fused-ring (bicyclic) bond motifs is 2. The minimum absolute atomic E-state index is 0.272. The Morgan fingerprint density at radius 3 is 2.80 bits per heavy atom. The molecule has 124 valence electrons. The molecule has 0 aliphatic carbocycles. The number of aromatic nitrogens is 2. The largest absolute Gasteiger partial charge is 0.497 e. The zero-order valence-electron chi connectivity index (χ0n) is 13.1. The first-order valence-electron chi connectivity index (χ1n) is 7.45. The van der Waals surface area contributed by atoms with Crippen molar-refractivity contribution in [1.82, 2.24) is 9.97 Å². The number of methoxy groups -OCH3 is 1. The molecule has 2 aromatic carbocycles. The summed E-state index contributed by atoms with van der Waals surface area (Å²) in [4.78, 5) is 21.4. The maximum absolute atomic E-state index is 12.7. The van der Waals surface area contributed by atoms with Gasteiger partial charge in [0.1, 0.15) is 10.9 Å². The standard InChI is InChI=1S/C18H12ClN3O2S/c1-24-10-6-7-14-15(8-10)25-18(21-14)22-17(23)12-9-16(19)20-13-5-3-2-4-11(12)13/h2-9H,1H3,(H,21,22,23). The van der Waals surface area contributed by atoms with Crippen LogP contribution in [-0.4, -0.2) is 23.0 Å². The molecular formula is C18H12ClN3O2S. The molecule has 4 rings (SSSR count). The van der Waals surface area contributed by atoms with Gasteiger partial charge in [0.2, 0.25) is 0 Å². The van der Waals surface area contributed by atoms with Crippen molar-refractivity contribution in [2.45, 2.75) is 0 Å². The second-order valence-corrected chi connectivity index (χ2v) is 6.73. The van der Waals surface area contributed by atoms with Crippen LogP contribution in [-0.2, 0) is 0 Å². The van der Waals surface area contributed by atoms with Crippen molar-refractivity contribution >= 4 is 55.1 Å². The summed E-state index contributed by atoms with van der Waals surface area (Å²) in [7, 11) is 1.61. The van der Waals surface area contributed by atoms with Gasteiger partial charge in [-0.3, -0.25) is 10.1 Å². The van der Waals surface area contributed by atoms with Crippen molar-refractivity contribution in [2.75, 3.05) is 12.4 Å². The summed E-state index contributed by atoms with van der Waals surface area (Å²) >= 11 is 7.44. The number of benzene rings is 2. The highest BCUT2D eigenvalue weighted by Gasteiger charge is 2.15. The van der Waals surface area contributed by atoms with E-state index < -0.39 is 0 Å². The number of ether oxygens (including phenoxy) is 1. The van der Waals surface area contributed by atoms with Crippen LogP contribution in [0.3, 0.4) is 0 Å². The van der Waals surface area contributed by atoms with Gasteiger partial charge in [0.05, 0.1) is 28.4 Å². The van der Waals surface area contributed by atoms with Crippen LogP contribution in [0.5, 0.6) is 5.75 Å². The summed E-state index contributed by atoms with van der Waals surface area (Å²) in [6.07, 6.45) is 0. The third kappa shape index (κ3) is 3.01. The number of hydrogen-bond acceptors (Lipinski definition) is 5. The summed E-state index contributed by atoms with van der Waals surface area (Å²) in [6.45, 7) is 0. The average Bonchev–Trinajstić information content (AvgIpc) is 3.01. The predicted molar refractivity (Wildman–Crippen MR) is 101 cm³/mol. The van der Waals surface area contributed by atoms with Gasteiger partial charge in [-0.05, 0) is 30.3 Å². The molecule has 0 saturated carbocycles. The Hall–Kier alpha value is -2.70. The second kappa shape index (κ2) is 6.31. The van der Waals surface area contributed by atoms with E-state index in [1.807, 2.05) is 42.5 Å². The van der Waals surface area contributed by atoms with Crippen molar-refractivity contribution in [2.24, 2.45) is 0 Å². The number of thiazole rings is 1. The van der Waals surface area contributed by atoms with Crippen molar-refractivity contribution in [1.29, 1.82) is 0 Å². The van der Waals surface area contributed by atoms with E-state index in [0.717, 1.165) is 21.4 Å². The summed E-state index contributed by atoms with van der Waals surface area (Å²) in [5.74, 6) is 0.479. The first-order valence-corrected chi connectivity index (χ1v) is 8.65. The molecule has 0 radical (unpaired) electrons. The number of halogens is 1. The normalized spacial score (nSPS) is 11.0. The Labute approximate surface area is 152 Å². The highest BCUT2D eigenvalue weighted by molar-refractivity contribution is 7.22. The third-order valence-corrected chi connectivity index (χ3v) is 4.87. The molecule has 2 aromatic heterocycles. The number of anilines is 1. The lowest BCUT2D eigenvalue weighted by Gasteiger charge is -2.06. The predicted octanol–water partition coefficient (Wildman–Crippen LogP) is 4.76. The lowest BCUT2D eigenvalue weighted by atomic mass is 10.1. The maximum Gasteiger partial charge on any atom is 0.258 e. The monoisotopic (exact) mass is 369 g/mol. The molecule has 25 heavy (non-hydrogen) atoms. The van der Waals surface area contributed by atoms with Gasteiger partial charge in [-0.2, -0.15) is 0 Å². The SMILES string of the molecule is COc1ccc2nc(NC(=O)c3cc(Cl)nc4ccccc34)sc2c1. The average molecular weight is 370 g/mol. The molecule has 0 spiro atoms. The lowest BCUT2D eigenvalue weighted by molar-refractivity contribution is 0.102. The molecule has 0 aliphatic heterocycles. The molecule has 0 saturated heterocycles. The van der Waals surface area contributed by atoms with Crippen LogP contribution in [0.25, 0.3) is 21.1 Å². The zero-order valence-corrected chi connectivity index (χ0v) is 14.7. The van der Waals surface area contributed by atoms with Crippen LogP contribution in [0.2, 0.25) is 5.15 Å². The lowest BCUT2D eigenvalue weighted by Crippen LogP contribution is -2.12. The molecule has 7 heteroatoms. The fraction of sp³-hybridized carbons (Fsp3) is 0.0556. The number of carbonyl (C=O) groups excluding carboxylic acids is 1. The van der Waals surface area contributed by atoms with Crippen LogP contribution in [0, 0.1) is 0 Å². The van der Waals surface area contributed by atoms with Gasteiger partial charge in [-0.25, -0.2) is 9.97 Å². The molecule has 0 fully saturated rings. The van der Waals surface area contributed by atoms with E-state index in [1.54, 1.807) is 13.2 Å². The van der Waals surface area contributed by atoms with E-state index in [9.17, 15) is 4.79 Å². The number of nitrogens with one attached hydrogen (secondary N) is 1. The van der Waals surface area contributed by atoms with Crippen molar-refractivity contribution < 1.29 is 9.53 Å². The second-order valence-electron chi connectivity index (χ2n) is 5.32. The van der Waals surface area contributed by atoms with Crippen molar-refractivity contribution in [3.05, 3.63) is 59.2 Å².